The first-order valence-electron chi connectivity index (χ1n) is 5.21. The van der Waals surface area contributed by atoms with Crippen LogP contribution in [0.5, 0.6) is 6.01 Å². The number of hydrogen-bond donors (Lipinski definition) is 1. The molecule has 2 aromatic rings. The molecule has 1 aromatic heterocycles. The lowest BCUT2D eigenvalue weighted by atomic mass is 10.1. The first kappa shape index (κ1) is 12.0. The summed E-state index contributed by atoms with van der Waals surface area (Å²) in [7, 11) is 0. The molecular weight excluding hydrogens is 235 g/mol. The number of aromatic nitrogens is 2. The van der Waals surface area contributed by atoms with Crippen LogP contribution in [0, 0.1) is 12.7 Å². The number of aryl methyl sites for hydroxylation is 1. The molecule has 0 spiro atoms. The van der Waals surface area contributed by atoms with Gasteiger partial charge in [0.05, 0.1) is 12.4 Å². The van der Waals surface area contributed by atoms with Gasteiger partial charge in [-0.15, -0.1) is 0 Å². The maximum absolute atomic E-state index is 12.8. The summed E-state index contributed by atoms with van der Waals surface area (Å²) in [6.45, 7) is 1.95. The molecule has 1 aromatic carbocycles. The highest BCUT2D eigenvalue weighted by Crippen LogP contribution is 2.09. The zero-order valence-electron chi connectivity index (χ0n) is 9.67. The Morgan fingerprint density at radius 3 is 2.89 bits per heavy atom. The van der Waals surface area contributed by atoms with E-state index in [9.17, 15) is 4.39 Å². The number of nitrogens with two attached hydrogens (primary N) is 1. The summed E-state index contributed by atoms with van der Waals surface area (Å²) in [6.07, 6.45) is 2.46. The van der Waals surface area contributed by atoms with Gasteiger partial charge in [0.1, 0.15) is 0 Å². The highest BCUT2D eigenvalue weighted by atomic mass is 19.1. The predicted molar refractivity (Wildman–Crippen MR) is 65.8 cm³/mol. The van der Waals surface area contributed by atoms with E-state index >= 15 is 0 Å². The van der Waals surface area contributed by atoms with Crippen molar-refractivity contribution in [1.29, 1.82) is 0 Å². The smallest absolute Gasteiger partial charge is 0.347 e. The van der Waals surface area contributed by atoms with Crippen LogP contribution in [0.4, 0.5) is 10.2 Å². The van der Waals surface area contributed by atoms with E-state index in [1.54, 1.807) is 0 Å². The SMILES string of the molecule is Cc1ccccc1/C=N\Oc1ncc(F)c(N)n1. The van der Waals surface area contributed by atoms with Crippen molar-refractivity contribution in [1.82, 2.24) is 9.97 Å². The van der Waals surface area contributed by atoms with E-state index in [0.29, 0.717) is 0 Å². The maximum Gasteiger partial charge on any atom is 0.347 e. The molecule has 0 radical (unpaired) electrons. The first-order chi connectivity index (χ1) is 8.66. The quantitative estimate of drug-likeness (QED) is 0.663. The Morgan fingerprint density at radius 1 is 1.39 bits per heavy atom. The average Bonchev–Trinajstić information content (AvgIpc) is 2.36. The van der Waals surface area contributed by atoms with Gasteiger partial charge < -0.3 is 10.6 Å². The maximum atomic E-state index is 12.8. The van der Waals surface area contributed by atoms with Crippen molar-refractivity contribution in [3.63, 3.8) is 0 Å². The Kier molecular flexibility index (Phi) is 3.47. The fraction of sp³-hybridized carbons (Fsp3) is 0.0833. The molecule has 2 rings (SSSR count). The van der Waals surface area contributed by atoms with Crippen molar-refractivity contribution in [2.24, 2.45) is 5.16 Å². The van der Waals surface area contributed by atoms with Crippen LogP contribution in [-0.2, 0) is 0 Å². The number of rotatable bonds is 3. The van der Waals surface area contributed by atoms with Crippen LogP contribution in [0.1, 0.15) is 11.1 Å². The highest BCUT2D eigenvalue weighted by molar-refractivity contribution is 5.81. The topological polar surface area (TPSA) is 73.4 Å². The fourth-order valence-electron chi connectivity index (χ4n) is 1.27. The van der Waals surface area contributed by atoms with E-state index in [1.165, 1.54) is 6.21 Å². The van der Waals surface area contributed by atoms with Gasteiger partial charge in [0.15, 0.2) is 11.6 Å². The van der Waals surface area contributed by atoms with Crippen LogP contribution in [-0.4, -0.2) is 16.2 Å². The molecule has 2 N–H and O–H groups in total. The zero-order chi connectivity index (χ0) is 13.0. The zero-order valence-corrected chi connectivity index (χ0v) is 9.67. The van der Waals surface area contributed by atoms with Crippen LogP contribution in [0.25, 0.3) is 0 Å². The van der Waals surface area contributed by atoms with Crippen molar-refractivity contribution < 1.29 is 9.23 Å². The van der Waals surface area contributed by atoms with E-state index in [0.717, 1.165) is 17.3 Å². The van der Waals surface area contributed by atoms with Crippen molar-refractivity contribution in [2.75, 3.05) is 5.73 Å². The first-order valence-corrected chi connectivity index (χ1v) is 5.21. The largest absolute Gasteiger partial charge is 0.381 e. The summed E-state index contributed by atoms with van der Waals surface area (Å²) >= 11 is 0. The molecule has 6 heteroatoms. The minimum absolute atomic E-state index is 0.0984. The number of hydrogen-bond acceptors (Lipinski definition) is 5. The van der Waals surface area contributed by atoms with Crippen molar-refractivity contribution >= 4 is 12.0 Å². The second-order valence-corrected chi connectivity index (χ2v) is 3.57. The van der Waals surface area contributed by atoms with Gasteiger partial charge in [-0.05, 0) is 18.1 Å². The van der Waals surface area contributed by atoms with Gasteiger partial charge in [-0.2, -0.15) is 9.97 Å². The molecule has 0 fully saturated rings. The molecule has 0 bridgehead atoms. The summed E-state index contributed by atoms with van der Waals surface area (Å²) in [4.78, 5) is 12.1. The van der Waals surface area contributed by atoms with Crippen LogP contribution in [0.2, 0.25) is 0 Å². The van der Waals surface area contributed by atoms with Gasteiger partial charge in [-0.25, -0.2) is 4.39 Å². The minimum atomic E-state index is -0.690. The Balaban J connectivity index is 2.07. The normalized spacial score (nSPS) is 10.8. The summed E-state index contributed by atoms with van der Waals surface area (Å²) < 4.78 is 12.8. The molecule has 0 aliphatic heterocycles. The number of oxime groups is 1. The summed E-state index contributed by atoms with van der Waals surface area (Å²) in [5.41, 5.74) is 7.24. The molecule has 5 nitrogen and oxygen atoms in total. The Morgan fingerprint density at radius 2 is 2.17 bits per heavy atom. The summed E-state index contributed by atoms with van der Waals surface area (Å²) in [5, 5.41) is 3.72. The van der Waals surface area contributed by atoms with E-state index in [4.69, 9.17) is 10.6 Å². The average molecular weight is 246 g/mol. The third-order valence-electron chi connectivity index (χ3n) is 2.26. The lowest BCUT2D eigenvalue weighted by Crippen LogP contribution is -2.00. The van der Waals surface area contributed by atoms with Gasteiger partial charge in [-0.3, -0.25) is 0 Å². The van der Waals surface area contributed by atoms with Gasteiger partial charge in [0.25, 0.3) is 0 Å². The van der Waals surface area contributed by atoms with Crippen molar-refractivity contribution in [3.05, 3.63) is 47.4 Å². The molecule has 92 valence electrons. The van der Waals surface area contributed by atoms with Gasteiger partial charge in [-0.1, -0.05) is 29.4 Å². The van der Waals surface area contributed by atoms with E-state index in [-0.39, 0.29) is 11.8 Å². The standard InChI is InChI=1S/C12H11FN4O/c1-8-4-2-3-5-9(8)6-16-18-12-15-7-10(13)11(14)17-12/h2-7H,1H3,(H2,14,15,17)/b16-6-. The number of anilines is 1. The monoisotopic (exact) mass is 246 g/mol. The Bertz CT molecular complexity index is 586. The predicted octanol–water partition coefficient (Wildman–Crippen LogP) is 1.92. The van der Waals surface area contributed by atoms with Crippen molar-refractivity contribution in [3.8, 4) is 6.01 Å². The molecule has 18 heavy (non-hydrogen) atoms. The second-order valence-electron chi connectivity index (χ2n) is 3.57. The molecule has 0 atom stereocenters. The molecule has 1 heterocycles. The Labute approximate surface area is 103 Å². The van der Waals surface area contributed by atoms with Crippen LogP contribution in [0.3, 0.4) is 0 Å². The Hall–Kier alpha value is -2.50. The summed E-state index contributed by atoms with van der Waals surface area (Å²) in [6, 6.07) is 7.56. The van der Waals surface area contributed by atoms with Crippen molar-refractivity contribution in [2.45, 2.75) is 6.92 Å². The van der Waals surface area contributed by atoms with E-state index < -0.39 is 5.82 Å². The third-order valence-corrected chi connectivity index (χ3v) is 2.26. The lowest BCUT2D eigenvalue weighted by Gasteiger charge is -1.99. The number of benzene rings is 1. The highest BCUT2D eigenvalue weighted by Gasteiger charge is 2.03. The molecule has 0 amide bonds. The number of nitrogen functional groups attached to an aromatic ring is 1. The molecular formula is C12H11FN4O. The molecule has 0 unspecified atom stereocenters. The van der Waals surface area contributed by atoms with Crippen LogP contribution < -0.4 is 10.6 Å². The molecule has 0 saturated carbocycles. The molecule has 0 saturated heterocycles. The number of nitrogens with zero attached hydrogens (tertiary/aromatic N) is 3. The molecule has 0 aliphatic rings. The van der Waals surface area contributed by atoms with Gasteiger partial charge >= 0.3 is 6.01 Å². The number of halogens is 1. The van der Waals surface area contributed by atoms with Crippen LogP contribution >= 0.6 is 0 Å². The second kappa shape index (κ2) is 5.22. The van der Waals surface area contributed by atoms with Gasteiger partial charge in [0.2, 0.25) is 0 Å². The lowest BCUT2D eigenvalue weighted by molar-refractivity contribution is 0.314. The summed E-state index contributed by atoms with van der Waals surface area (Å²) in [5.74, 6) is -0.962. The third kappa shape index (κ3) is 2.79. The fourth-order valence-corrected chi connectivity index (χ4v) is 1.27. The molecule has 0 aliphatic carbocycles. The van der Waals surface area contributed by atoms with Crippen LogP contribution in [0.15, 0.2) is 35.6 Å². The van der Waals surface area contributed by atoms with Gasteiger partial charge in [0, 0.05) is 0 Å². The minimum Gasteiger partial charge on any atom is -0.381 e. The van der Waals surface area contributed by atoms with E-state index in [1.807, 2.05) is 31.2 Å². The van der Waals surface area contributed by atoms with E-state index in [2.05, 4.69) is 15.1 Å².